The molecule has 3 aromatic carbocycles. The van der Waals surface area contributed by atoms with E-state index in [4.69, 9.17) is 4.42 Å². The van der Waals surface area contributed by atoms with Crippen LogP contribution in [0.15, 0.2) is 70.1 Å². The van der Waals surface area contributed by atoms with E-state index in [2.05, 4.69) is 14.7 Å². The molecule has 0 bridgehead atoms. The van der Waals surface area contributed by atoms with Crippen molar-refractivity contribution < 1.29 is 49.0 Å². The topological polar surface area (TPSA) is 107 Å². The summed E-state index contributed by atoms with van der Waals surface area (Å²) in [5.41, 5.74) is -1.07. The molecule has 1 N–H and O–H groups in total. The van der Waals surface area contributed by atoms with E-state index >= 15 is 4.39 Å². The molecular formula is C30H23F6N3O5S. The summed E-state index contributed by atoms with van der Waals surface area (Å²) in [7, 11) is -4.00. The first-order chi connectivity index (χ1) is 21.1. The van der Waals surface area contributed by atoms with E-state index in [0.29, 0.717) is 0 Å². The third kappa shape index (κ3) is 6.31. The van der Waals surface area contributed by atoms with Crippen LogP contribution in [0.3, 0.4) is 0 Å². The highest BCUT2D eigenvalue weighted by Gasteiger charge is 2.35. The summed E-state index contributed by atoms with van der Waals surface area (Å²) in [4.78, 5) is 7.59. The van der Waals surface area contributed by atoms with Crippen LogP contribution in [-0.4, -0.2) is 40.9 Å². The van der Waals surface area contributed by atoms with Crippen LogP contribution in [0.4, 0.5) is 26.3 Å². The van der Waals surface area contributed by atoms with Gasteiger partial charge in [0, 0.05) is 30.5 Å². The molecule has 5 rings (SSSR count). The van der Waals surface area contributed by atoms with E-state index in [1.807, 2.05) is 0 Å². The van der Waals surface area contributed by atoms with Crippen molar-refractivity contribution in [1.82, 2.24) is 14.5 Å². The number of ether oxygens (including phenoxy) is 1. The van der Waals surface area contributed by atoms with Gasteiger partial charge >= 0.3 is 12.8 Å². The quantitative estimate of drug-likeness (QED) is 0.178. The van der Waals surface area contributed by atoms with Gasteiger partial charge in [0.1, 0.15) is 23.1 Å². The van der Waals surface area contributed by atoms with Crippen molar-refractivity contribution in [2.45, 2.75) is 38.1 Å². The Morgan fingerprint density at radius 1 is 1.00 bits per heavy atom. The number of oxazole rings is 1. The minimum Gasteiger partial charge on any atom is -0.440 e. The zero-order valence-electron chi connectivity index (χ0n) is 23.7. The lowest BCUT2D eigenvalue weighted by Gasteiger charge is -2.16. The van der Waals surface area contributed by atoms with Crippen molar-refractivity contribution in [2.75, 3.05) is 6.26 Å². The summed E-state index contributed by atoms with van der Waals surface area (Å²) in [6, 6.07) is 12.1. The second-order valence-corrected chi connectivity index (χ2v) is 11.9. The van der Waals surface area contributed by atoms with Crippen molar-refractivity contribution in [2.24, 2.45) is 0 Å². The molecule has 0 spiro atoms. The van der Waals surface area contributed by atoms with E-state index in [1.54, 1.807) is 0 Å². The average molecular weight is 652 g/mol. The van der Waals surface area contributed by atoms with Crippen LogP contribution in [0.5, 0.6) is 5.75 Å². The fraction of sp³-hybridized carbons (Fsp3) is 0.200. The number of halogens is 6. The minimum absolute atomic E-state index is 0.00659. The number of para-hydroxylation sites is 1. The maximum atomic E-state index is 15.1. The Bertz CT molecular complexity index is 2020. The highest BCUT2D eigenvalue weighted by atomic mass is 32.2. The van der Waals surface area contributed by atoms with Gasteiger partial charge in [-0.2, -0.15) is 22.0 Å². The zero-order chi connectivity index (χ0) is 32.8. The fourth-order valence-electron chi connectivity index (χ4n) is 4.88. The number of sulfone groups is 1. The van der Waals surface area contributed by atoms with Gasteiger partial charge in [-0.05, 0) is 54.4 Å². The second kappa shape index (κ2) is 11.7. The third-order valence-electron chi connectivity index (χ3n) is 6.81. The van der Waals surface area contributed by atoms with Gasteiger partial charge in [0.15, 0.2) is 27.2 Å². The van der Waals surface area contributed by atoms with Crippen molar-refractivity contribution in [3.63, 3.8) is 0 Å². The van der Waals surface area contributed by atoms with Crippen molar-refractivity contribution in [1.29, 1.82) is 0 Å². The molecule has 0 radical (unpaired) electrons. The predicted molar refractivity (Wildman–Crippen MR) is 150 cm³/mol. The summed E-state index contributed by atoms with van der Waals surface area (Å²) in [6.45, 7) is -1.26. The number of aliphatic hydroxyl groups excluding tert-OH is 1. The number of aromatic nitrogens is 3. The number of aliphatic hydroxyl groups is 1. The van der Waals surface area contributed by atoms with Crippen LogP contribution in [0.25, 0.3) is 39.4 Å². The van der Waals surface area contributed by atoms with Crippen LogP contribution in [0.2, 0.25) is 0 Å². The zero-order valence-corrected chi connectivity index (χ0v) is 24.5. The van der Waals surface area contributed by atoms with Gasteiger partial charge in [0.25, 0.3) is 0 Å². The smallest absolute Gasteiger partial charge is 0.434 e. The molecule has 0 fully saturated rings. The Morgan fingerprint density at radius 3 is 2.33 bits per heavy atom. The number of benzene rings is 3. The fourth-order valence-corrected chi connectivity index (χ4v) is 5.83. The first kappa shape index (κ1) is 31.8. The number of hydrogen-bond acceptors (Lipinski definition) is 7. The van der Waals surface area contributed by atoms with Crippen molar-refractivity contribution in [3.05, 3.63) is 89.6 Å². The van der Waals surface area contributed by atoms with E-state index < -0.39 is 51.2 Å². The van der Waals surface area contributed by atoms with Gasteiger partial charge in [0.2, 0.25) is 0 Å². The summed E-state index contributed by atoms with van der Waals surface area (Å²) in [5, 5.41) is 9.61. The largest absolute Gasteiger partial charge is 0.440 e. The molecule has 15 heteroatoms. The Hall–Kier alpha value is -4.63. The Kier molecular flexibility index (Phi) is 8.27. The minimum atomic E-state index is -4.77. The van der Waals surface area contributed by atoms with Gasteiger partial charge < -0.3 is 18.8 Å². The molecule has 2 aromatic heterocycles. The van der Waals surface area contributed by atoms with Crippen LogP contribution in [-0.2, 0) is 22.6 Å². The van der Waals surface area contributed by atoms with Gasteiger partial charge in [-0.15, -0.1) is 0 Å². The number of alkyl halides is 5. The molecule has 0 amide bonds. The molecule has 0 atom stereocenters. The number of imidazole rings is 1. The van der Waals surface area contributed by atoms with Crippen LogP contribution < -0.4 is 4.74 Å². The van der Waals surface area contributed by atoms with Crippen LogP contribution in [0.1, 0.15) is 23.0 Å². The highest BCUT2D eigenvalue weighted by Crippen LogP contribution is 2.42. The summed E-state index contributed by atoms with van der Waals surface area (Å²) in [6.07, 6.45) is -3.15. The average Bonchev–Trinajstić information content (AvgIpc) is 3.54. The maximum Gasteiger partial charge on any atom is 0.434 e. The number of rotatable bonds is 8. The molecule has 236 valence electrons. The second-order valence-electron chi connectivity index (χ2n) is 9.92. The summed E-state index contributed by atoms with van der Waals surface area (Å²) in [5.74, 6) is -1.32. The molecule has 0 saturated heterocycles. The van der Waals surface area contributed by atoms with Gasteiger partial charge in [-0.3, -0.25) is 0 Å². The van der Waals surface area contributed by atoms with E-state index in [1.165, 1.54) is 56.3 Å². The molecule has 45 heavy (non-hydrogen) atoms. The van der Waals surface area contributed by atoms with Gasteiger partial charge in [-0.1, -0.05) is 18.2 Å². The Morgan fingerprint density at radius 2 is 1.71 bits per heavy atom. The normalized spacial score (nSPS) is 12.2. The third-order valence-corrected chi connectivity index (χ3v) is 7.97. The lowest BCUT2D eigenvalue weighted by molar-refractivity contribution is -0.141. The number of hydrogen-bond donors (Lipinski definition) is 1. The Labute approximate surface area is 252 Å². The molecule has 5 aromatic rings. The summed E-state index contributed by atoms with van der Waals surface area (Å²) >= 11 is 0. The van der Waals surface area contributed by atoms with Gasteiger partial charge in [0.05, 0.1) is 22.8 Å². The molecule has 8 nitrogen and oxygen atoms in total. The molecule has 2 heterocycles. The number of nitrogens with zero attached hydrogens (tertiary/aromatic N) is 3. The lowest BCUT2D eigenvalue weighted by Crippen LogP contribution is -2.06. The number of aryl methyl sites for hydroxylation is 2. The van der Waals surface area contributed by atoms with Crippen molar-refractivity contribution in [3.8, 4) is 45.1 Å². The standard InChI is InChI=1S/C30H23F6N3O5S/c1-15-37-26(30(34,35)36)13-39(15)23-9-8-17(18-11-22(31)21(14-40)25(12-18)45(3,41)42)10-20(23)27-28(43-16(2)38-27)19-6-4-5-7-24(19)44-29(32)33/h4-13,29,40H,14H2,1-3H3. The summed E-state index contributed by atoms with van der Waals surface area (Å²) < 4.78 is 119. The SMILES string of the molecule is Cc1nc(-c2cc(-c3cc(F)c(CO)c(S(C)(=O)=O)c3)ccc2-n2cc(C(F)(F)F)nc2C)c(-c2ccccc2OC(F)F)o1. The molecule has 0 aliphatic heterocycles. The van der Waals surface area contributed by atoms with Crippen LogP contribution >= 0.6 is 0 Å². The van der Waals surface area contributed by atoms with E-state index in [-0.39, 0.29) is 56.9 Å². The predicted octanol–water partition coefficient (Wildman–Crippen LogP) is 7.13. The van der Waals surface area contributed by atoms with Gasteiger partial charge in [-0.25, -0.2) is 22.8 Å². The Balaban J connectivity index is 1.82. The first-order valence-electron chi connectivity index (χ1n) is 13.0. The molecular weight excluding hydrogens is 628 g/mol. The molecule has 0 saturated carbocycles. The lowest BCUT2D eigenvalue weighted by atomic mass is 9.97. The monoisotopic (exact) mass is 651 g/mol. The van der Waals surface area contributed by atoms with Crippen LogP contribution in [0, 0.1) is 19.7 Å². The van der Waals surface area contributed by atoms with E-state index in [0.717, 1.165) is 29.2 Å². The first-order valence-corrected chi connectivity index (χ1v) is 14.9. The molecule has 0 aliphatic carbocycles. The molecule has 0 unspecified atom stereocenters. The highest BCUT2D eigenvalue weighted by molar-refractivity contribution is 7.90. The van der Waals surface area contributed by atoms with E-state index in [9.17, 15) is 35.5 Å². The maximum absolute atomic E-state index is 15.1. The molecule has 0 aliphatic rings. The van der Waals surface area contributed by atoms with Crippen molar-refractivity contribution >= 4 is 9.84 Å².